The molecule has 0 amide bonds. The van der Waals surface area contributed by atoms with Gasteiger partial charge in [-0.3, -0.25) is 0 Å². The summed E-state index contributed by atoms with van der Waals surface area (Å²) in [6.45, 7) is 2.87. The number of anilines is 2. The lowest BCUT2D eigenvalue weighted by atomic mass is 10.2. The molecule has 0 aliphatic carbocycles. The van der Waals surface area contributed by atoms with Crippen molar-refractivity contribution in [3.8, 4) is 0 Å². The third-order valence-corrected chi connectivity index (χ3v) is 3.85. The first-order valence-corrected chi connectivity index (χ1v) is 7.25. The molecule has 1 aliphatic rings. The fourth-order valence-electron chi connectivity index (χ4n) is 2.57. The Bertz CT molecular complexity index is 675. The van der Waals surface area contributed by atoms with Crippen molar-refractivity contribution in [3.05, 3.63) is 56.9 Å². The molecule has 1 fully saturated rings. The SMILES string of the molecule is O=[N+]([O-])c1ccc(N2CCN(c3ccc([N+](=O)[O-])nc3)CC2)cn1. The summed E-state index contributed by atoms with van der Waals surface area (Å²) in [5, 5.41) is 21.3. The molecule has 10 nitrogen and oxygen atoms in total. The van der Waals surface area contributed by atoms with Crippen molar-refractivity contribution in [3.63, 3.8) is 0 Å². The van der Waals surface area contributed by atoms with Gasteiger partial charge in [0.25, 0.3) is 0 Å². The van der Waals surface area contributed by atoms with Gasteiger partial charge in [-0.15, -0.1) is 0 Å². The molecular weight excluding hydrogens is 316 g/mol. The molecule has 124 valence electrons. The van der Waals surface area contributed by atoms with E-state index < -0.39 is 9.85 Å². The summed E-state index contributed by atoms with van der Waals surface area (Å²) in [5.41, 5.74) is 1.67. The van der Waals surface area contributed by atoms with Crippen molar-refractivity contribution in [2.24, 2.45) is 0 Å². The molecule has 0 aromatic carbocycles. The highest BCUT2D eigenvalue weighted by Gasteiger charge is 2.20. The van der Waals surface area contributed by atoms with Gasteiger partial charge in [0.15, 0.2) is 12.4 Å². The average Bonchev–Trinajstić information content (AvgIpc) is 2.62. The molecule has 3 heterocycles. The van der Waals surface area contributed by atoms with E-state index in [9.17, 15) is 20.2 Å². The fourth-order valence-corrected chi connectivity index (χ4v) is 2.57. The van der Waals surface area contributed by atoms with Crippen LogP contribution in [0, 0.1) is 20.2 Å². The summed E-state index contributed by atoms with van der Waals surface area (Å²) in [6, 6.07) is 6.16. The third-order valence-electron chi connectivity index (χ3n) is 3.85. The molecule has 2 aromatic rings. The summed E-state index contributed by atoms with van der Waals surface area (Å²) in [7, 11) is 0. The molecule has 0 N–H and O–H groups in total. The number of nitro groups is 2. The van der Waals surface area contributed by atoms with Crippen LogP contribution in [0.25, 0.3) is 0 Å². The highest BCUT2D eigenvalue weighted by atomic mass is 16.6. The third kappa shape index (κ3) is 3.21. The van der Waals surface area contributed by atoms with Gasteiger partial charge in [0, 0.05) is 38.3 Å². The van der Waals surface area contributed by atoms with Gasteiger partial charge < -0.3 is 30.0 Å². The highest BCUT2D eigenvalue weighted by molar-refractivity contribution is 5.51. The number of aromatic nitrogens is 2. The van der Waals surface area contributed by atoms with Gasteiger partial charge in [-0.2, -0.15) is 0 Å². The van der Waals surface area contributed by atoms with Crippen molar-refractivity contribution in [1.82, 2.24) is 9.97 Å². The van der Waals surface area contributed by atoms with E-state index in [4.69, 9.17) is 0 Å². The number of hydrogen-bond donors (Lipinski definition) is 0. The Morgan fingerprint density at radius 1 is 0.750 bits per heavy atom. The van der Waals surface area contributed by atoms with Crippen LogP contribution in [-0.2, 0) is 0 Å². The minimum atomic E-state index is -0.524. The van der Waals surface area contributed by atoms with Crippen LogP contribution < -0.4 is 9.80 Å². The largest absolute Gasteiger partial charge is 0.365 e. The average molecular weight is 330 g/mol. The monoisotopic (exact) mass is 330 g/mol. The molecule has 0 saturated carbocycles. The molecule has 3 rings (SSSR count). The van der Waals surface area contributed by atoms with Crippen molar-refractivity contribution < 1.29 is 9.85 Å². The van der Waals surface area contributed by atoms with Gasteiger partial charge in [-0.25, -0.2) is 0 Å². The van der Waals surface area contributed by atoms with Crippen LogP contribution in [0.3, 0.4) is 0 Å². The lowest BCUT2D eigenvalue weighted by Crippen LogP contribution is -2.46. The van der Waals surface area contributed by atoms with E-state index in [0.29, 0.717) is 0 Å². The van der Waals surface area contributed by atoms with Gasteiger partial charge in [0.2, 0.25) is 0 Å². The van der Waals surface area contributed by atoms with Crippen LogP contribution in [0.4, 0.5) is 23.0 Å². The van der Waals surface area contributed by atoms with Crippen LogP contribution in [-0.4, -0.2) is 46.0 Å². The molecule has 0 atom stereocenters. The second-order valence-electron chi connectivity index (χ2n) is 5.24. The summed E-state index contributed by atoms with van der Waals surface area (Å²) in [6.07, 6.45) is 3.00. The molecule has 0 bridgehead atoms. The quantitative estimate of drug-likeness (QED) is 0.613. The van der Waals surface area contributed by atoms with E-state index in [-0.39, 0.29) is 11.6 Å². The molecule has 1 saturated heterocycles. The van der Waals surface area contributed by atoms with E-state index in [1.807, 2.05) is 0 Å². The first kappa shape index (κ1) is 15.6. The van der Waals surface area contributed by atoms with Crippen molar-refractivity contribution >= 4 is 23.0 Å². The first-order chi connectivity index (χ1) is 11.5. The Hall–Kier alpha value is -3.30. The van der Waals surface area contributed by atoms with Gasteiger partial charge >= 0.3 is 11.6 Å². The molecule has 24 heavy (non-hydrogen) atoms. The van der Waals surface area contributed by atoms with E-state index in [2.05, 4.69) is 19.8 Å². The predicted octanol–water partition coefficient (Wildman–Crippen LogP) is 1.62. The number of rotatable bonds is 4. The number of hydrogen-bond acceptors (Lipinski definition) is 8. The van der Waals surface area contributed by atoms with Crippen LogP contribution >= 0.6 is 0 Å². The topological polar surface area (TPSA) is 119 Å². The highest BCUT2D eigenvalue weighted by Crippen LogP contribution is 2.22. The molecule has 0 unspecified atom stereocenters. The molecule has 1 aliphatic heterocycles. The maximum absolute atomic E-state index is 10.6. The fraction of sp³-hybridized carbons (Fsp3) is 0.286. The Labute approximate surface area is 136 Å². The van der Waals surface area contributed by atoms with Crippen molar-refractivity contribution in [2.75, 3.05) is 36.0 Å². The normalized spacial score (nSPS) is 14.5. The Kier molecular flexibility index (Phi) is 4.18. The van der Waals surface area contributed by atoms with E-state index in [1.54, 1.807) is 12.1 Å². The standard InChI is InChI=1S/C14H14N6O4/c21-19(22)13-3-1-11(9-15-13)17-5-7-18(8-6-17)12-2-4-14(16-10-12)20(23)24/h1-4,9-10H,5-8H2. The van der Waals surface area contributed by atoms with Crippen molar-refractivity contribution in [2.45, 2.75) is 0 Å². The number of nitrogens with zero attached hydrogens (tertiary/aromatic N) is 6. The molecule has 10 heteroatoms. The summed E-state index contributed by atoms with van der Waals surface area (Å²) in [5.74, 6) is -0.344. The first-order valence-electron chi connectivity index (χ1n) is 7.25. The Morgan fingerprint density at radius 2 is 1.12 bits per heavy atom. The number of pyridine rings is 2. The maximum Gasteiger partial charge on any atom is 0.363 e. The van der Waals surface area contributed by atoms with E-state index in [1.165, 1.54) is 24.5 Å². The van der Waals surface area contributed by atoms with Gasteiger partial charge in [0.05, 0.1) is 11.4 Å². The molecule has 0 spiro atoms. The van der Waals surface area contributed by atoms with Gasteiger partial charge in [-0.1, -0.05) is 0 Å². The van der Waals surface area contributed by atoms with E-state index >= 15 is 0 Å². The zero-order valence-electron chi connectivity index (χ0n) is 12.6. The smallest absolute Gasteiger partial charge is 0.363 e. The lowest BCUT2D eigenvalue weighted by molar-refractivity contribution is -0.389. The Balaban J connectivity index is 1.62. The molecular formula is C14H14N6O4. The summed E-state index contributed by atoms with van der Waals surface area (Å²) < 4.78 is 0. The van der Waals surface area contributed by atoms with Gasteiger partial charge in [0.1, 0.15) is 0 Å². The second kappa shape index (κ2) is 6.44. The zero-order valence-corrected chi connectivity index (χ0v) is 12.6. The second-order valence-corrected chi connectivity index (χ2v) is 5.24. The van der Waals surface area contributed by atoms with Crippen molar-refractivity contribution in [1.29, 1.82) is 0 Å². The Morgan fingerprint density at radius 3 is 1.38 bits per heavy atom. The van der Waals surface area contributed by atoms with Crippen LogP contribution in [0.1, 0.15) is 0 Å². The molecule has 0 radical (unpaired) electrons. The van der Waals surface area contributed by atoms with Gasteiger partial charge in [-0.05, 0) is 31.9 Å². The minimum absolute atomic E-state index is 0.172. The minimum Gasteiger partial charge on any atom is -0.365 e. The van der Waals surface area contributed by atoms with Crippen LogP contribution in [0.15, 0.2) is 36.7 Å². The predicted molar refractivity (Wildman–Crippen MR) is 86.2 cm³/mol. The molecule has 2 aromatic heterocycles. The maximum atomic E-state index is 10.6. The summed E-state index contributed by atoms with van der Waals surface area (Å²) in [4.78, 5) is 32.0. The summed E-state index contributed by atoms with van der Waals surface area (Å²) >= 11 is 0. The van der Waals surface area contributed by atoms with E-state index in [0.717, 1.165) is 37.6 Å². The van der Waals surface area contributed by atoms with Crippen LogP contribution in [0.2, 0.25) is 0 Å². The number of piperazine rings is 1. The lowest BCUT2D eigenvalue weighted by Gasteiger charge is -2.36. The zero-order chi connectivity index (χ0) is 17.1. The van der Waals surface area contributed by atoms with Crippen LogP contribution in [0.5, 0.6) is 0 Å².